The highest BCUT2D eigenvalue weighted by atomic mass is 16.1. The highest BCUT2D eigenvalue weighted by Crippen LogP contribution is 2.25. The van der Waals surface area contributed by atoms with Crippen LogP contribution in [0.5, 0.6) is 0 Å². The molecule has 1 saturated carbocycles. The van der Waals surface area contributed by atoms with Gasteiger partial charge < -0.3 is 11.5 Å². The van der Waals surface area contributed by atoms with Crippen LogP contribution in [0.15, 0.2) is 41.3 Å². The van der Waals surface area contributed by atoms with Crippen molar-refractivity contribution in [2.45, 2.75) is 64.1 Å². The number of likely N-dealkylation sites (N-methyl/N-ethyl adjacent to an activating group) is 1. The van der Waals surface area contributed by atoms with Crippen LogP contribution >= 0.6 is 0 Å². The van der Waals surface area contributed by atoms with Crippen molar-refractivity contribution in [2.75, 3.05) is 12.3 Å². The predicted molar refractivity (Wildman–Crippen MR) is 110 cm³/mol. The molecule has 3 rings (SSSR count). The highest BCUT2D eigenvalue weighted by molar-refractivity contribution is 5.36. The molecule has 1 unspecified atom stereocenters. The third kappa shape index (κ3) is 4.76. The first-order chi connectivity index (χ1) is 13.0. The van der Waals surface area contributed by atoms with Gasteiger partial charge in [0.1, 0.15) is 5.82 Å². The van der Waals surface area contributed by atoms with Crippen LogP contribution in [0, 0.1) is 0 Å². The van der Waals surface area contributed by atoms with Gasteiger partial charge in [0, 0.05) is 24.3 Å². The molecule has 0 spiro atoms. The fourth-order valence-corrected chi connectivity index (χ4v) is 4.23. The van der Waals surface area contributed by atoms with Crippen LogP contribution in [0.4, 0.5) is 5.82 Å². The first-order valence-corrected chi connectivity index (χ1v) is 9.93. The summed E-state index contributed by atoms with van der Waals surface area (Å²) in [5, 5.41) is 0. The van der Waals surface area contributed by atoms with Crippen molar-refractivity contribution in [2.24, 2.45) is 5.73 Å². The molecule has 0 saturated heterocycles. The molecule has 6 heteroatoms. The molecule has 1 heterocycles. The minimum absolute atomic E-state index is 0.241. The van der Waals surface area contributed by atoms with Crippen molar-refractivity contribution < 1.29 is 0 Å². The van der Waals surface area contributed by atoms with E-state index < -0.39 is 0 Å². The Kier molecular flexibility index (Phi) is 6.29. The molecule has 1 aliphatic rings. The zero-order valence-corrected chi connectivity index (χ0v) is 16.3. The summed E-state index contributed by atoms with van der Waals surface area (Å²) in [5.74, 6) is 0.241. The van der Waals surface area contributed by atoms with Crippen molar-refractivity contribution in [3.05, 3.63) is 52.6 Å². The molecule has 1 aromatic heterocycles. The molecular weight excluding hydrogens is 338 g/mol. The van der Waals surface area contributed by atoms with E-state index in [1.807, 2.05) is 12.1 Å². The number of aromatic nitrogens is 2. The summed E-state index contributed by atoms with van der Waals surface area (Å²) in [7, 11) is 0. The maximum Gasteiger partial charge on any atom is 0.354 e. The van der Waals surface area contributed by atoms with Crippen LogP contribution in [0.2, 0.25) is 0 Å². The summed E-state index contributed by atoms with van der Waals surface area (Å²) in [6.45, 7) is 5.61. The van der Waals surface area contributed by atoms with Gasteiger partial charge in [-0.15, -0.1) is 0 Å². The Morgan fingerprint density at radius 1 is 1.19 bits per heavy atom. The topological polar surface area (TPSA) is 90.2 Å². The number of hydrogen-bond acceptors (Lipinski definition) is 5. The first-order valence-electron chi connectivity index (χ1n) is 9.93. The third-order valence-corrected chi connectivity index (χ3v) is 5.71. The largest absolute Gasteiger partial charge is 0.383 e. The molecule has 4 N–H and O–H groups in total. The van der Waals surface area contributed by atoms with Gasteiger partial charge in [-0.05, 0) is 69.3 Å². The van der Waals surface area contributed by atoms with E-state index in [1.165, 1.54) is 23.0 Å². The van der Waals surface area contributed by atoms with Gasteiger partial charge in [0.15, 0.2) is 0 Å². The molecule has 6 nitrogen and oxygen atoms in total. The van der Waals surface area contributed by atoms with E-state index in [0.29, 0.717) is 18.1 Å². The van der Waals surface area contributed by atoms with Crippen LogP contribution in [0.1, 0.15) is 45.1 Å². The minimum atomic E-state index is -0.358. The average molecular weight is 370 g/mol. The van der Waals surface area contributed by atoms with Gasteiger partial charge in [0.25, 0.3) is 0 Å². The number of benzene rings is 1. The van der Waals surface area contributed by atoms with Crippen molar-refractivity contribution >= 4 is 5.82 Å². The lowest BCUT2D eigenvalue weighted by atomic mass is 9.89. The molecule has 0 aliphatic heterocycles. The summed E-state index contributed by atoms with van der Waals surface area (Å²) in [6.07, 6.45) is 7.32. The van der Waals surface area contributed by atoms with E-state index in [9.17, 15) is 4.79 Å². The Labute approximate surface area is 161 Å². The molecule has 0 radical (unpaired) electrons. The lowest BCUT2D eigenvalue weighted by Gasteiger charge is -2.39. The summed E-state index contributed by atoms with van der Waals surface area (Å²) in [5.41, 5.74) is 13.3. The van der Waals surface area contributed by atoms with Gasteiger partial charge >= 0.3 is 5.69 Å². The Balaban J connectivity index is 1.67. The van der Waals surface area contributed by atoms with E-state index in [-0.39, 0.29) is 11.5 Å². The Bertz CT molecular complexity index is 793. The Morgan fingerprint density at radius 3 is 2.44 bits per heavy atom. The highest BCUT2D eigenvalue weighted by Gasteiger charge is 2.26. The van der Waals surface area contributed by atoms with E-state index in [1.54, 1.807) is 12.3 Å². The second-order valence-corrected chi connectivity index (χ2v) is 7.62. The van der Waals surface area contributed by atoms with Gasteiger partial charge in [-0.25, -0.2) is 4.79 Å². The molecule has 1 fully saturated rings. The molecule has 0 amide bonds. The monoisotopic (exact) mass is 369 g/mol. The van der Waals surface area contributed by atoms with E-state index in [2.05, 4.69) is 35.9 Å². The lowest BCUT2D eigenvalue weighted by Crippen LogP contribution is -2.46. The standard InChI is InChI=1S/C21H31N5O/c1-3-25(18-10-6-17(22)7-11-18)15(2)14-16-4-8-19(9-5-16)26-13-12-20(23)24-21(26)27/h4-5,8-9,12-13,15,17-18H,3,6-7,10-11,14,22H2,1-2H3,(H2,23,24,27)/t15?,17-,18-. The molecule has 1 atom stereocenters. The summed E-state index contributed by atoms with van der Waals surface area (Å²) < 4.78 is 1.51. The second-order valence-electron chi connectivity index (χ2n) is 7.62. The van der Waals surface area contributed by atoms with Crippen LogP contribution in [0.3, 0.4) is 0 Å². The van der Waals surface area contributed by atoms with Crippen LogP contribution in [-0.4, -0.2) is 39.1 Å². The second kappa shape index (κ2) is 8.67. The first kappa shape index (κ1) is 19.6. The van der Waals surface area contributed by atoms with Gasteiger partial charge in [0.2, 0.25) is 0 Å². The van der Waals surface area contributed by atoms with Crippen molar-refractivity contribution in [3.8, 4) is 5.69 Å². The van der Waals surface area contributed by atoms with E-state index in [4.69, 9.17) is 11.5 Å². The van der Waals surface area contributed by atoms with Gasteiger partial charge in [0.05, 0.1) is 5.69 Å². The van der Waals surface area contributed by atoms with E-state index >= 15 is 0 Å². The Morgan fingerprint density at radius 2 is 1.85 bits per heavy atom. The van der Waals surface area contributed by atoms with Crippen molar-refractivity contribution in [3.63, 3.8) is 0 Å². The fraction of sp³-hybridized carbons (Fsp3) is 0.524. The lowest BCUT2D eigenvalue weighted by molar-refractivity contribution is 0.114. The smallest absolute Gasteiger partial charge is 0.354 e. The van der Waals surface area contributed by atoms with Gasteiger partial charge in [-0.2, -0.15) is 4.98 Å². The maximum atomic E-state index is 12.0. The zero-order chi connectivity index (χ0) is 19.4. The number of nitrogen functional groups attached to an aromatic ring is 1. The molecule has 1 aromatic carbocycles. The van der Waals surface area contributed by atoms with Crippen molar-refractivity contribution in [1.82, 2.24) is 14.5 Å². The summed E-state index contributed by atoms with van der Waals surface area (Å²) in [6, 6.07) is 11.3. The molecule has 1 aliphatic carbocycles. The maximum absolute atomic E-state index is 12.0. The molecule has 146 valence electrons. The summed E-state index contributed by atoms with van der Waals surface area (Å²) in [4.78, 5) is 18.4. The quantitative estimate of drug-likeness (QED) is 0.816. The number of nitrogens with two attached hydrogens (primary N) is 2. The number of hydrogen-bond donors (Lipinski definition) is 2. The molecule has 0 bridgehead atoms. The fourth-order valence-electron chi connectivity index (χ4n) is 4.23. The average Bonchev–Trinajstić information content (AvgIpc) is 2.65. The molecule has 27 heavy (non-hydrogen) atoms. The normalized spacial score (nSPS) is 21.3. The predicted octanol–water partition coefficient (Wildman–Crippen LogP) is 2.34. The minimum Gasteiger partial charge on any atom is -0.383 e. The summed E-state index contributed by atoms with van der Waals surface area (Å²) >= 11 is 0. The Hall–Kier alpha value is -2.18. The van der Waals surface area contributed by atoms with Gasteiger partial charge in [-0.3, -0.25) is 9.47 Å². The zero-order valence-electron chi connectivity index (χ0n) is 16.3. The molecule has 2 aromatic rings. The van der Waals surface area contributed by atoms with Crippen LogP contribution < -0.4 is 17.2 Å². The van der Waals surface area contributed by atoms with Gasteiger partial charge in [-0.1, -0.05) is 19.1 Å². The third-order valence-electron chi connectivity index (χ3n) is 5.71. The van der Waals surface area contributed by atoms with Crippen LogP contribution in [-0.2, 0) is 6.42 Å². The number of nitrogens with zero attached hydrogens (tertiary/aromatic N) is 3. The number of anilines is 1. The molecular formula is C21H31N5O. The van der Waals surface area contributed by atoms with E-state index in [0.717, 1.165) is 31.5 Å². The van der Waals surface area contributed by atoms with Crippen LogP contribution in [0.25, 0.3) is 5.69 Å². The number of rotatable bonds is 6. The SMILES string of the molecule is CCN(C(C)Cc1ccc(-n2ccc(N)nc2=O)cc1)[C@H]1CC[C@H](N)CC1. The van der Waals surface area contributed by atoms with Crippen molar-refractivity contribution in [1.29, 1.82) is 0 Å².